The van der Waals surface area contributed by atoms with Gasteiger partial charge in [0, 0.05) is 23.0 Å². The van der Waals surface area contributed by atoms with Crippen molar-refractivity contribution >= 4 is 17.4 Å². The van der Waals surface area contributed by atoms with Crippen molar-refractivity contribution in [1.82, 2.24) is 9.78 Å². The highest BCUT2D eigenvalue weighted by molar-refractivity contribution is 6.08. The second-order valence-electron chi connectivity index (χ2n) is 7.07. The largest absolute Gasteiger partial charge is 0.322 e. The lowest BCUT2D eigenvalue weighted by molar-refractivity contribution is 0.101. The number of aromatic nitrogens is 2. The van der Waals surface area contributed by atoms with Crippen LogP contribution in [0.2, 0.25) is 0 Å². The minimum absolute atomic E-state index is 0.0150. The van der Waals surface area contributed by atoms with Crippen LogP contribution in [-0.2, 0) is 0 Å². The average molecular weight is 395 g/mol. The Kier molecular flexibility index (Phi) is 5.26. The van der Waals surface area contributed by atoms with E-state index in [1.807, 2.05) is 61.5 Å². The highest BCUT2D eigenvalue weighted by Crippen LogP contribution is 2.27. The monoisotopic (exact) mass is 395 g/mol. The van der Waals surface area contributed by atoms with Gasteiger partial charge in [-0.25, -0.2) is 4.68 Å². The zero-order valence-corrected chi connectivity index (χ0v) is 16.8. The number of para-hydroxylation sites is 1. The van der Waals surface area contributed by atoms with E-state index in [-0.39, 0.29) is 11.7 Å². The molecule has 0 radical (unpaired) electrons. The number of nitrogens with zero attached hydrogens (tertiary/aromatic N) is 2. The molecule has 4 aromatic rings. The average Bonchev–Trinajstić information content (AvgIpc) is 3.20. The summed E-state index contributed by atoms with van der Waals surface area (Å²) in [4.78, 5) is 24.6. The van der Waals surface area contributed by atoms with Gasteiger partial charge in [0.2, 0.25) is 0 Å². The topological polar surface area (TPSA) is 64.0 Å². The predicted octanol–water partition coefficient (Wildman–Crippen LogP) is 5.30. The Morgan fingerprint density at radius 3 is 2.20 bits per heavy atom. The van der Waals surface area contributed by atoms with E-state index >= 15 is 0 Å². The van der Waals surface area contributed by atoms with Gasteiger partial charge in [-0.15, -0.1) is 0 Å². The number of hydrogen-bond acceptors (Lipinski definition) is 3. The van der Waals surface area contributed by atoms with Gasteiger partial charge in [-0.05, 0) is 55.8 Å². The number of benzene rings is 3. The zero-order valence-electron chi connectivity index (χ0n) is 16.8. The van der Waals surface area contributed by atoms with Gasteiger partial charge in [0.1, 0.15) is 5.69 Å². The first-order valence-corrected chi connectivity index (χ1v) is 9.66. The highest BCUT2D eigenvalue weighted by atomic mass is 16.1. The number of carbonyl (C=O) groups excluding carboxylic acids is 2. The van der Waals surface area contributed by atoms with E-state index in [9.17, 15) is 9.59 Å². The molecule has 0 atom stereocenters. The molecule has 0 aliphatic heterocycles. The summed E-state index contributed by atoms with van der Waals surface area (Å²) in [5, 5.41) is 7.64. The number of aryl methyl sites for hydroxylation is 1. The van der Waals surface area contributed by atoms with Crippen LogP contribution < -0.4 is 5.32 Å². The number of rotatable bonds is 5. The van der Waals surface area contributed by atoms with Crippen LogP contribution in [-0.4, -0.2) is 21.5 Å². The third kappa shape index (κ3) is 3.91. The summed E-state index contributed by atoms with van der Waals surface area (Å²) >= 11 is 0. The van der Waals surface area contributed by atoms with Crippen LogP contribution in [0.25, 0.3) is 16.9 Å². The van der Waals surface area contributed by atoms with Gasteiger partial charge in [0.25, 0.3) is 5.91 Å². The van der Waals surface area contributed by atoms with E-state index < -0.39 is 0 Å². The second kappa shape index (κ2) is 8.17. The van der Waals surface area contributed by atoms with Crippen molar-refractivity contribution in [2.45, 2.75) is 13.8 Å². The zero-order chi connectivity index (χ0) is 21.1. The molecule has 0 spiro atoms. The third-order valence-corrected chi connectivity index (χ3v) is 4.93. The van der Waals surface area contributed by atoms with Crippen LogP contribution >= 0.6 is 0 Å². The van der Waals surface area contributed by atoms with Gasteiger partial charge in [0.15, 0.2) is 5.78 Å². The summed E-state index contributed by atoms with van der Waals surface area (Å²) in [5.74, 6) is -0.273. The summed E-state index contributed by atoms with van der Waals surface area (Å²) in [6, 6.07) is 24.4. The van der Waals surface area contributed by atoms with Gasteiger partial charge >= 0.3 is 0 Å². The summed E-state index contributed by atoms with van der Waals surface area (Å²) < 4.78 is 1.72. The summed E-state index contributed by atoms with van der Waals surface area (Å²) in [5.41, 5.74) is 5.13. The molecule has 0 aliphatic carbocycles. The molecule has 0 fully saturated rings. The number of hydrogen-bond donors (Lipinski definition) is 1. The Morgan fingerprint density at radius 1 is 0.867 bits per heavy atom. The Bertz CT molecular complexity index is 1210. The molecule has 0 aliphatic rings. The molecule has 4 rings (SSSR count). The Morgan fingerprint density at radius 2 is 1.53 bits per heavy atom. The Balaban J connectivity index is 1.73. The van der Waals surface area contributed by atoms with Crippen molar-refractivity contribution in [2.24, 2.45) is 0 Å². The van der Waals surface area contributed by atoms with E-state index in [1.54, 1.807) is 35.1 Å². The van der Waals surface area contributed by atoms with Gasteiger partial charge in [-0.2, -0.15) is 5.10 Å². The number of ketones is 1. The predicted molar refractivity (Wildman–Crippen MR) is 118 cm³/mol. The molecule has 0 unspecified atom stereocenters. The molecule has 3 aromatic carbocycles. The lowest BCUT2D eigenvalue weighted by Crippen LogP contribution is -2.12. The molecule has 1 amide bonds. The molecule has 0 bridgehead atoms. The number of nitrogens with one attached hydrogen (secondary N) is 1. The van der Waals surface area contributed by atoms with Crippen molar-refractivity contribution in [1.29, 1.82) is 0 Å². The lowest BCUT2D eigenvalue weighted by atomic mass is 10.0. The van der Waals surface area contributed by atoms with Gasteiger partial charge in [0.05, 0.1) is 11.3 Å². The Labute approximate surface area is 175 Å². The van der Waals surface area contributed by atoms with Crippen LogP contribution in [0.5, 0.6) is 0 Å². The lowest BCUT2D eigenvalue weighted by Gasteiger charge is -2.07. The molecule has 148 valence electrons. The molecular formula is C25H21N3O2. The van der Waals surface area contributed by atoms with Gasteiger partial charge in [-0.3, -0.25) is 9.59 Å². The normalized spacial score (nSPS) is 10.6. The minimum Gasteiger partial charge on any atom is -0.322 e. The molecule has 0 saturated carbocycles. The third-order valence-electron chi connectivity index (χ3n) is 4.93. The fraction of sp³-hybridized carbons (Fsp3) is 0.0800. The molecular weight excluding hydrogens is 374 g/mol. The van der Waals surface area contributed by atoms with Gasteiger partial charge < -0.3 is 5.32 Å². The van der Waals surface area contributed by atoms with E-state index in [1.165, 1.54) is 6.92 Å². The maximum absolute atomic E-state index is 13.2. The van der Waals surface area contributed by atoms with Crippen LogP contribution in [0.4, 0.5) is 5.69 Å². The van der Waals surface area contributed by atoms with E-state index in [4.69, 9.17) is 5.10 Å². The summed E-state index contributed by atoms with van der Waals surface area (Å²) in [6.07, 6.45) is 1.75. The standard InChI is InChI=1S/C25H21N3O2/c1-17-8-6-7-11-22(17)24-23(16-28(27-24)21-9-4-3-5-10-21)25(30)26-20-14-12-19(13-15-20)18(2)29/h3-16H,1-2H3,(H,26,30). The molecule has 1 N–H and O–H groups in total. The van der Waals surface area contributed by atoms with Crippen molar-refractivity contribution in [3.8, 4) is 16.9 Å². The molecule has 30 heavy (non-hydrogen) atoms. The molecule has 1 heterocycles. The number of amides is 1. The fourth-order valence-corrected chi connectivity index (χ4v) is 3.28. The van der Waals surface area contributed by atoms with Crippen LogP contribution in [0.1, 0.15) is 33.2 Å². The van der Waals surface area contributed by atoms with Crippen LogP contribution in [0.15, 0.2) is 85.1 Å². The smallest absolute Gasteiger partial charge is 0.259 e. The fourth-order valence-electron chi connectivity index (χ4n) is 3.28. The minimum atomic E-state index is -0.258. The highest BCUT2D eigenvalue weighted by Gasteiger charge is 2.20. The number of Topliss-reactive ketones (excluding diaryl/α,β-unsaturated/α-hetero) is 1. The molecule has 5 heteroatoms. The molecule has 1 aromatic heterocycles. The van der Waals surface area contributed by atoms with Crippen molar-refractivity contribution in [2.75, 3.05) is 5.32 Å². The van der Waals surface area contributed by atoms with E-state index in [2.05, 4.69) is 5.32 Å². The van der Waals surface area contributed by atoms with Crippen molar-refractivity contribution < 1.29 is 9.59 Å². The van der Waals surface area contributed by atoms with Crippen LogP contribution in [0, 0.1) is 6.92 Å². The van der Waals surface area contributed by atoms with Gasteiger partial charge in [-0.1, -0.05) is 42.5 Å². The second-order valence-corrected chi connectivity index (χ2v) is 7.07. The number of carbonyl (C=O) groups is 2. The van der Waals surface area contributed by atoms with Crippen molar-refractivity contribution in [3.63, 3.8) is 0 Å². The van der Waals surface area contributed by atoms with E-state index in [0.717, 1.165) is 16.8 Å². The Hall–Kier alpha value is -3.99. The van der Waals surface area contributed by atoms with Crippen molar-refractivity contribution in [3.05, 3.63) is 102 Å². The maximum Gasteiger partial charge on any atom is 0.259 e. The first-order valence-electron chi connectivity index (χ1n) is 9.66. The summed E-state index contributed by atoms with van der Waals surface area (Å²) in [6.45, 7) is 3.51. The van der Waals surface area contributed by atoms with E-state index in [0.29, 0.717) is 22.5 Å². The first-order chi connectivity index (χ1) is 14.5. The maximum atomic E-state index is 13.2. The number of anilines is 1. The first kappa shape index (κ1) is 19.3. The SMILES string of the molecule is CC(=O)c1ccc(NC(=O)c2cn(-c3ccccc3)nc2-c2ccccc2C)cc1. The molecule has 5 nitrogen and oxygen atoms in total. The quantitative estimate of drug-likeness (QED) is 0.466. The summed E-state index contributed by atoms with van der Waals surface area (Å²) in [7, 11) is 0. The van der Waals surface area contributed by atoms with Crippen LogP contribution in [0.3, 0.4) is 0 Å². The molecule has 0 saturated heterocycles.